The Balaban J connectivity index is 2.19. The Labute approximate surface area is 103 Å². The van der Waals surface area contributed by atoms with Gasteiger partial charge in [-0.15, -0.1) is 0 Å². The Morgan fingerprint density at radius 1 is 1.38 bits per heavy atom. The summed E-state index contributed by atoms with van der Waals surface area (Å²) in [5.74, 6) is 0.0605. The number of hydrogen-bond donors (Lipinski definition) is 1. The van der Waals surface area contributed by atoms with Crippen molar-refractivity contribution in [3.63, 3.8) is 0 Å². The average Bonchev–Trinajstić information content (AvgIpc) is 2.63. The van der Waals surface area contributed by atoms with E-state index in [9.17, 15) is 4.79 Å². The van der Waals surface area contributed by atoms with Crippen LogP contribution in [0.4, 0.5) is 0 Å². The second-order valence-electron chi connectivity index (χ2n) is 5.51. The molecule has 3 nitrogen and oxygen atoms in total. The highest BCUT2D eigenvalue weighted by atomic mass is 79.9. The van der Waals surface area contributed by atoms with E-state index in [1.165, 1.54) is 11.3 Å². The minimum atomic E-state index is 0.0605. The molecule has 0 saturated carbocycles. The summed E-state index contributed by atoms with van der Waals surface area (Å²) < 4.78 is 3.22. The van der Waals surface area contributed by atoms with E-state index in [4.69, 9.17) is 0 Å². The first-order valence-corrected chi connectivity index (χ1v) is 6.47. The summed E-state index contributed by atoms with van der Waals surface area (Å²) >= 11 is 3.60. The molecule has 1 amide bonds. The normalized spacial score (nSPS) is 21.6. The van der Waals surface area contributed by atoms with Crippen LogP contribution in [-0.4, -0.2) is 17.0 Å². The summed E-state index contributed by atoms with van der Waals surface area (Å²) in [6.45, 7) is 6.23. The van der Waals surface area contributed by atoms with E-state index in [-0.39, 0.29) is 5.91 Å². The topological polar surface area (TPSA) is 34.0 Å². The highest BCUT2D eigenvalue weighted by Crippen LogP contribution is 2.43. The highest BCUT2D eigenvalue weighted by molar-refractivity contribution is 9.10. The van der Waals surface area contributed by atoms with Crippen molar-refractivity contribution in [3.8, 4) is 0 Å². The van der Waals surface area contributed by atoms with E-state index in [1.54, 1.807) is 0 Å². The molecule has 86 valence electrons. The average molecular weight is 283 g/mol. The molecule has 0 radical (unpaired) electrons. The summed E-state index contributed by atoms with van der Waals surface area (Å²) in [6, 6.07) is 0. The van der Waals surface area contributed by atoms with Gasteiger partial charge in [-0.25, -0.2) is 0 Å². The van der Waals surface area contributed by atoms with Gasteiger partial charge in [0, 0.05) is 18.8 Å². The van der Waals surface area contributed by atoms with Crippen molar-refractivity contribution in [2.24, 2.45) is 5.41 Å². The molecule has 1 aliphatic carbocycles. The zero-order chi connectivity index (χ0) is 11.5. The van der Waals surface area contributed by atoms with Gasteiger partial charge in [0.2, 0.25) is 0 Å². The molecule has 16 heavy (non-hydrogen) atoms. The van der Waals surface area contributed by atoms with Gasteiger partial charge >= 0.3 is 0 Å². The van der Waals surface area contributed by atoms with Gasteiger partial charge in [-0.1, -0.05) is 13.8 Å². The molecule has 4 heteroatoms. The van der Waals surface area contributed by atoms with Crippen LogP contribution in [0.25, 0.3) is 0 Å². The van der Waals surface area contributed by atoms with E-state index in [0.29, 0.717) is 5.41 Å². The lowest BCUT2D eigenvalue weighted by Gasteiger charge is -2.22. The van der Waals surface area contributed by atoms with Crippen LogP contribution in [0.5, 0.6) is 0 Å². The molecular weight excluding hydrogens is 268 g/mol. The lowest BCUT2D eigenvalue weighted by molar-refractivity contribution is 0.0925. The third-order valence-electron chi connectivity index (χ3n) is 3.55. The largest absolute Gasteiger partial charge is 0.349 e. The van der Waals surface area contributed by atoms with Gasteiger partial charge in [-0.2, -0.15) is 0 Å². The zero-order valence-electron chi connectivity index (χ0n) is 9.56. The maximum Gasteiger partial charge on any atom is 0.269 e. The molecule has 1 N–H and O–H groups in total. The van der Waals surface area contributed by atoms with Crippen molar-refractivity contribution >= 4 is 21.8 Å². The quantitative estimate of drug-likeness (QED) is 0.777. The Morgan fingerprint density at radius 2 is 2.12 bits per heavy atom. The van der Waals surface area contributed by atoms with Crippen LogP contribution < -0.4 is 5.32 Å². The Bertz CT molecular complexity index is 488. The number of carbonyl (C=O) groups is 1. The lowest BCUT2D eigenvalue weighted by Crippen LogP contribution is -2.36. The summed E-state index contributed by atoms with van der Waals surface area (Å²) in [6.07, 6.45) is 2.14. The van der Waals surface area contributed by atoms with Crippen LogP contribution in [-0.2, 0) is 19.4 Å². The number of nitrogens with zero attached hydrogens (tertiary/aromatic N) is 1. The molecule has 0 atom stereocenters. The standard InChI is InChI=1S/C12H15BrN2O/c1-12(2)5-7-8(6-12)15-4-3-14-11(16)10(15)9(7)13/h3-6H2,1-2H3,(H,14,16). The second kappa shape index (κ2) is 3.13. The fourth-order valence-electron chi connectivity index (χ4n) is 2.90. The number of halogens is 1. The molecular formula is C12H15BrN2O. The summed E-state index contributed by atoms with van der Waals surface area (Å²) in [5.41, 5.74) is 3.87. The minimum absolute atomic E-state index is 0.0605. The minimum Gasteiger partial charge on any atom is -0.349 e. The predicted molar refractivity (Wildman–Crippen MR) is 65.7 cm³/mol. The molecule has 0 unspecified atom stereocenters. The maximum absolute atomic E-state index is 11.8. The fourth-order valence-corrected chi connectivity index (χ4v) is 3.66. The van der Waals surface area contributed by atoms with Gasteiger partial charge < -0.3 is 9.88 Å². The van der Waals surface area contributed by atoms with Crippen molar-refractivity contribution in [2.75, 3.05) is 6.54 Å². The third kappa shape index (κ3) is 1.29. The number of fused-ring (bicyclic) bond motifs is 3. The van der Waals surface area contributed by atoms with Crippen molar-refractivity contribution in [3.05, 3.63) is 21.4 Å². The summed E-state index contributed by atoms with van der Waals surface area (Å²) in [7, 11) is 0. The van der Waals surface area contributed by atoms with Gasteiger partial charge in [-0.3, -0.25) is 4.79 Å². The van der Waals surface area contributed by atoms with Crippen LogP contribution in [0.15, 0.2) is 4.47 Å². The Kier molecular flexibility index (Phi) is 2.03. The van der Waals surface area contributed by atoms with Crippen LogP contribution in [0.3, 0.4) is 0 Å². The molecule has 0 spiro atoms. The summed E-state index contributed by atoms with van der Waals surface area (Å²) in [5, 5.41) is 2.90. The first-order valence-electron chi connectivity index (χ1n) is 5.67. The SMILES string of the molecule is CC1(C)Cc2c(Br)c3n(c2C1)CCNC3=O. The lowest BCUT2D eigenvalue weighted by atomic mass is 9.90. The number of rotatable bonds is 0. The molecule has 0 saturated heterocycles. The van der Waals surface area contributed by atoms with Crippen LogP contribution >= 0.6 is 15.9 Å². The van der Waals surface area contributed by atoms with Crippen LogP contribution in [0, 0.1) is 5.41 Å². The van der Waals surface area contributed by atoms with E-state index in [0.717, 1.165) is 36.1 Å². The predicted octanol–water partition coefficient (Wildman–Crippen LogP) is 2.12. The van der Waals surface area contributed by atoms with Crippen molar-refractivity contribution in [2.45, 2.75) is 33.2 Å². The van der Waals surface area contributed by atoms with Gasteiger partial charge in [0.25, 0.3) is 5.91 Å². The van der Waals surface area contributed by atoms with Gasteiger partial charge in [0.05, 0.1) is 4.47 Å². The molecule has 1 aromatic rings. The molecule has 3 rings (SSSR count). The number of carbonyl (C=O) groups excluding carboxylic acids is 1. The van der Waals surface area contributed by atoms with E-state index in [2.05, 4.69) is 39.7 Å². The molecule has 1 aliphatic heterocycles. The number of aromatic nitrogens is 1. The van der Waals surface area contributed by atoms with Crippen molar-refractivity contribution < 1.29 is 4.79 Å². The van der Waals surface area contributed by atoms with E-state index in [1.807, 2.05) is 0 Å². The molecule has 0 bridgehead atoms. The van der Waals surface area contributed by atoms with Crippen molar-refractivity contribution in [1.29, 1.82) is 0 Å². The van der Waals surface area contributed by atoms with E-state index < -0.39 is 0 Å². The second-order valence-corrected chi connectivity index (χ2v) is 6.31. The van der Waals surface area contributed by atoms with Crippen molar-refractivity contribution in [1.82, 2.24) is 9.88 Å². The first-order chi connectivity index (χ1) is 7.49. The van der Waals surface area contributed by atoms with Crippen LogP contribution in [0.2, 0.25) is 0 Å². The maximum atomic E-state index is 11.8. The fraction of sp³-hybridized carbons (Fsp3) is 0.583. The molecule has 1 aromatic heterocycles. The molecule has 0 fully saturated rings. The highest BCUT2D eigenvalue weighted by Gasteiger charge is 2.37. The summed E-state index contributed by atoms with van der Waals surface area (Å²) in [4.78, 5) is 11.8. The molecule has 2 heterocycles. The van der Waals surface area contributed by atoms with E-state index >= 15 is 0 Å². The molecule has 0 aromatic carbocycles. The monoisotopic (exact) mass is 282 g/mol. The first kappa shape index (κ1) is 10.4. The number of nitrogens with one attached hydrogen (secondary N) is 1. The number of amides is 1. The Hall–Kier alpha value is -0.770. The van der Waals surface area contributed by atoms with Gasteiger partial charge in [-0.05, 0) is 39.8 Å². The smallest absolute Gasteiger partial charge is 0.269 e. The third-order valence-corrected chi connectivity index (χ3v) is 4.41. The molecule has 2 aliphatic rings. The Morgan fingerprint density at radius 3 is 2.88 bits per heavy atom. The van der Waals surface area contributed by atoms with Gasteiger partial charge in [0.15, 0.2) is 0 Å². The number of hydrogen-bond acceptors (Lipinski definition) is 1. The van der Waals surface area contributed by atoms with Crippen LogP contribution in [0.1, 0.15) is 35.6 Å². The zero-order valence-corrected chi connectivity index (χ0v) is 11.1. The van der Waals surface area contributed by atoms with Gasteiger partial charge in [0.1, 0.15) is 5.69 Å².